The summed E-state index contributed by atoms with van der Waals surface area (Å²) in [5.74, 6) is 0.848. The Morgan fingerprint density at radius 1 is 0.944 bits per heavy atom. The Balaban J connectivity index is 2.74. The summed E-state index contributed by atoms with van der Waals surface area (Å²) in [6, 6.07) is 0. The van der Waals surface area contributed by atoms with Gasteiger partial charge in [-0.25, -0.2) is 0 Å². The molecule has 0 radical (unpaired) electrons. The van der Waals surface area contributed by atoms with Crippen molar-refractivity contribution in [1.82, 2.24) is 0 Å². The van der Waals surface area contributed by atoms with Gasteiger partial charge >= 0.3 is 0 Å². The zero-order valence-electron chi connectivity index (χ0n) is 13.6. The van der Waals surface area contributed by atoms with Crippen molar-refractivity contribution in [3.8, 4) is 0 Å². The van der Waals surface area contributed by atoms with E-state index in [0.29, 0.717) is 10.8 Å². The zero-order valence-corrected chi connectivity index (χ0v) is 13.6. The van der Waals surface area contributed by atoms with Gasteiger partial charge in [0.15, 0.2) is 0 Å². The molecule has 0 nitrogen and oxygen atoms in total. The fraction of sp³-hybridized carbons (Fsp3) is 1.00. The van der Waals surface area contributed by atoms with Crippen molar-refractivity contribution in [2.45, 2.75) is 98.8 Å². The van der Waals surface area contributed by atoms with Gasteiger partial charge in [0, 0.05) is 0 Å². The molecule has 0 aromatic heterocycles. The molecule has 108 valence electrons. The lowest BCUT2D eigenvalue weighted by Gasteiger charge is -2.49. The van der Waals surface area contributed by atoms with Crippen LogP contribution in [-0.4, -0.2) is 0 Å². The third-order valence-corrected chi connectivity index (χ3v) is 5.75. The molecule has 1 saturated carbocycles. The topological polar surface area (TPSA) is 0 Å². The standard InChI is InChI=1S/C18H36/c1-6-8-12-18(13-9-7-2)14-10-11-17(5,15-18)16(3)4/h16H,6-15H2,1-5H3. The summed E-state index contributed by atoms with van der Waals surface area (Å²) in [5, 5.41) is 0. The molecule has 0 bridgehead atoms. The molecule has 0 saturated heterocycles. The summed E-state index contributed by atoms with van der Waals surface area (Å²) in [6.45, 7) is 12.1. The van der Waals surface area contributed by atoms with Crippen LogP contribution >= 0.6 is 0 Å². The number of unbranched alkanes of at least 4 members (excludes halogenated alkanes) is 2. The van der Waals surface area contributed by atoms with Crippen LogP contribution in [0.3, 0.4) is 0 Å². The van der Waals surface area contributed by atoms with Crippen LogP contribution in [0.1, 0.15) is 98.8 Å². The maximum Gasteiger partial charge on any atom is -0.0292 e. The molecule has 1 unspecified atom stereocenters. The van der Waals surface area contributed by atoms with Crippen LogP contribution in [0.15, 0.2) is 0 Å². The molecular weight excluding hydrogens is 216 g/mol. The van der Waals surface area contributed by atoms with Gasteiger partial charge in [-0.2, -0.15) is 0 Å². The summed E-state index contributed by atoms with van der Waals surface area (Å²) in [4.78, 5) is 0. The Morgan fingerprint density at radius 2 is 1.50 bits per heavy atom. The van der Waals surface area contributed by atoms with E-state index in [0.717, 1.165) is 5.92 Å². The molecule has 0 spiro atoms. The fourth-order valence-corrected chi connectivity index (χ4v) is 4.05. The lowest BCUT2D eigenvalue weighted by Crippen LogP contribution is -2.38. The van der Waals surface area contributed by atoms with Gasteiger partial charge in [-0.3, -0.25) is 0 Å². The highest BCUT2D eigenvalue weighted by molar-refractivity contribution is 4.93. The summed E-state index contributed by atoms with van der Waals surface area (Å²) in [6.07, 6.45) is 14.5. The zero-order chi connectivity index (χ0) is 13.6. The van der Waals surface area contributed by atoms with Gasteiger partial charge in [0.25, 0.3) is 0 Å². The average Bonchev–Trinajstić information content (AvgIpc) is 2.34. The Morgan fingerprint density at radius 3 is 1.94 bits per heavy atom. The molecule has 0 amide bonds. The summed E-state index contributed by atoms with van der Waals surface area (Å²) in [7, 11) is 0. The van der Waals surface area contributed by atoms with Crippen LogP contribution in [0.2, 0.25) is 0 Å². The minimum atomic E-state index is 0.611. The second-order valence-corrected chi connectivity index (χ2v) is 7.55. The molecule has 1 fully saturated rings. The van der Waals surface area contributed by atoms with Crippen LogP contribution in [-0.2, 0) is 0 Å². The molecule has 1 aliphatic carbocycles. The average molecular weight is 252 g/mol. The lowest BCUT2D eigenvalue weighted by atomic mass is 9.56. The normalized spacial score (nSPS) is 27.7. The predicted molar refractivity (Wildman–Crippen MR) is 82.9 cm³/mol. The van der Waals surface area contributed by atoms with Gasteiger partial charge in [-0.15, -0.1) is 0 Å². The van der Waals surface area contributed by atoms with Gasteiger partial charge in [-0.05, 0) is 48.9 Å². The number of hydrogen-bond donors (Lipinski definition) is 0. The van der Waals surface area contributed by atoms with Gasteiger partial charge in [-0.1, -0.05) is 66.7 Å². The molecule has 0 heteroatoms. The van der Waals surface area contributed by atoms with E-state index in [1.165, 1.54) is 64.2 Å². The van der Waals surface area contributed by atoms with Gasteiger partial charge in [0.2, 0.25) is 0 Å². The van der Waals surface area contributed by atoms with Crippen molar-refractivity contribution in [3.05, 3.63) is 0 Å². The van der Waals surface area contributed by atoms with Crippen LogP contribution in [0, 0.1) is 16.7 Å². The Hall–Kier alpha value is 0. The maximum atomic E-state index is 2.56. The van der Waals surface area contributed by atoms with Crippen LogP contribution < -0.4 is 0 Å². The molecular formula is C18H36. The molecule has 0 aliphatic heterocycles. The Labute approximate surface area is 116 Å². The predicted octanol–water partition coefficient (Wildman–Crippen LogP) is 6.59. The molecule has 1 atom stereocenters. The second kappa shape index (κ2) is 6.96. The van der Waals surface area contributed by atoms with Crippen LogP contribution in [0.4, 0.5) is 0 Å². The van der Waals surface area contributed by atoms with Crippen LogP contribution in [0.5, 0.6) is 0 Å². The number of hydrogen-bond acceptors (Lipinski definition) is 0. The van der Waals surface area contributed by atoms with Crippen molar-refractivity contribution in [2.24, 2.45) is 16.7 Å². The largest absolute Gasteiger partial charge is 0.0654 e. The molecule has 1 aliphatic rings. The van der Waals surface area contributed by atoms with Crippen LogP contribution in [0.25, 0.3) is 0 Å². The first kappa shape index (κ1) is 16.1. The molecule has 0 N–H and O–H groups in total. The van der Waals surface area contributed by atoms with Gasteiger partial charge in [0.05, 0.1) is 0 Å². The maximum absolute atomic E-state index is 2.56. The highest BCUT2D eigenvalue weighted by Gasteiger charge is 2.42. The van der Waals surface area contributed by atoms with Crippen molar-refractivity contribution in [3.63, 3.8) is 0 Å². The molecule has 1 rings (SSSR count). The van der Waals surface area contributed by atoms with E-state index in [-0.39, 0.29) is 0 Å². The Bertz CT molecular complexity index is 220. The van der Waals surface area contributed by atoms with E-state index in [4.69, 9.17) is 0 Å². The second-order valence-electron chi connectivity index (χ2n) is 7.55. The molecule has 0 heterocycles. The summed E-state index contributed by atoms with van der Waals surface area (Å²) < 4.78 is 0. The first-order chi connectivity index (χ1) is 8.48. The van der Waals surface area contributed by atoms with E-state index >= 15 is 0 Å². The minimum absolute atomic E-state index is 0.611. The monoisotopic (exact) mass is 252 g/mol. The Kier molecular flexibility index (Phi) is 6.21. The highest BCUT2D eigenvalue weighted by Crippen LogP contribution is 2.54. The summed E-state index contributed by atoms with van der Waals surface area (Å²) in [5.41, 5.74) is 1.31. The quantitative estimate of drug-likeness (QED) is 0.479. The molecule has 0 aromatic rings. The third kappa shape index (κ3) is 4.00. The molecule has 18 heavy (non-hydrogen) atoms. The smallest absolute Gasteiger partial charge is 0.0292 e. The SMILES string of the molecule is CCCCC1(CCCC)CCCC(C)(C(C)C)C1. The van der Waals surface area contributed by atoms with Crippen molar-refractivity contribution in [1.29, 1.82) is 0 Å². The fourth-order valence-electron chi connectivity index (χ4n) is 4.05. The first-order valence-electron chi connectivity index (χ1n) is 8.48. The first-order valence-corrected chi connectivity index (χ1v) is 8.48. The van der Waals surface area contributed by atoms with E-state index in [1.807, 2.05) is 0 Å². The lowest BCUT2D eigenvalue weighted by molar-refractivity contribution is 0.0194. The van der Waals surface area contributed by atoms with Crippen molar-refractivity contribution >= 4 is 0 Å². The summed E-state index contributed by atoms with van der Waals surface area (Å²) >= 11 is 0. The van der Waals surface area contributed by atoms with Gasteiger partial charge in [0.1, 0.15) is 0 Å². The number of rotatable bonds is 7. The molecule has 0 aromatic carbocycles. The van der Waals surface area contributed by atoms with E-state index in [9.17, 15) is 0 Å². The van der Waals surface area contributed by atoms with Crippen molar-refractivity contribution in [2.75, 3.05) is 0 Å². The highest BCUT2D eigenvalue weighted by atomic mass is 14.5. The van der Waals surface area contributed by atoms with E-state index < -0.39 is 0 Å². The van der Waals surface area contributed by atoms with Crippen molar-refractivity contribution < 1.29 is 0 Å². The minimum Gasteiger partial charge on any atom is -0.0654 e. The van der Waals surface area contributed by atoms with E-state index in [2.05, 4.69) is 34.6 Å². The van der Waals surface area contributed by atoms with E-state index in [1.54, 1.807) is 0 Å². The van der Waals surface area contributed by atoms with Gasteiger partial charge < -0.3 is 0 Å². The third-order valence-electron chi connectivity index (χ3n) is 5.75.